The minimum Gasteiger partial charge on any atom is -0.545 e. The molecule has 0 saturated heterocycles. The quantitative estimate of drug-likeness (QED) is 0.599. The average molecular weight is 354 g/mol. The van der Waals surface area contributed by atoms with Gasteiger partial charge in [0.2, 0.25) is 0 Å². The van der Waals surface area contributed by atoms with E-state index in [0.29, 0.717) is 0 Å². The maximum absolute atomic E-state index is 13.2. The Bertz CT molecular complexity index is 656. The standard InChI is InChI=1S/C14H14F5NO4/c1-5(2)4-6-7(12(21)22)9(11(15)16)20-10(14(17,18)19)8(6)13(23)24-3/h5,11H,4H2,1-3H3,(H,21,22)/p-1. The smallest absolute Gasteiger partial charge is 0.434 e. The molecule has 0 aliphatic carbocycles. The highest BCUT2D eigenvalue weighted by Gasteiger charge is 2.42. The Morgan fingerprint density at radius 2 is 1.75 bits per heavy atom. The van der Waals surface area contributed by atoms with Crippen LogP contribution in [0.4, 0.5) is 22.0 Å². The summed E-state index contributed by atoms with van der Waals surface area (Å²) in [5.41, 5.74) is -6.64. The second kappa shape index (κ2) is 7.10. The van der Waals surface area contributed by atoms with Gasteiger partial charge in [-0.25, -0.2) is 18.6 Å². The average Bonchev–Trinajstić information content (AvgIpc) is 2.42. The van der Waals surface area contributed by atoms with Crippen LogP contribution < -0.4 is 5.11 Å². The number of carbonyl (C=O) groups excluding carboxylic acids is 2. The zero-order valence-corrected chi connectivity index (χ0v) is 12.8. The van der Waals surface area contributed by atoms with Gasteiger partial charge in [0.15, 0.2) is 5.69 Å². The first-order valence-corrected chi connectivity index (χ1v) is 6.63. The SMILES string of the molecule is COC(=O)c1c(C(F)(F)F)nc(C(F)F)c(C(=O)[O-])c1CC(C)C. The fourth-order valence-corrected chi connectivity index (χ4v) is 2.18. The number of methoxy groups -OCH3 is 1. The molecule has 0 fully saturated rings. The number of aromatic carboxylic acids is 1. The third kappa shape index (κ3) is 3.98. The largest absolute Gasteiger partial charge is 0.545 e. The van der Waals surface area contributed by atoms with E-state index in [0.717, 1.165) is 7.11 Å². The number of carbonyl (C=O) groups is 2. The number of rotatable bonds is 5. The van der Waals surface area contributed by atoms with Crippen molar-refractivity contribution in [3.05, 3.63) is 28.1 Å². The van der Waals surface area contributed by atoms with Gasteiger partial charge in [-0.15, -0.1) is 0 Å². The highest BCUT2D eigenvalue weighted by molar-refractivity contribution is 5.98. The lowest BCUT2D eigenvalue weighted by Gasteiger charge is -2.22. The van der Waals surface area contributed by atoms with E-state index < -0.39 is 58.5 Å². The van der Waals surface area contributed by atoms with Crippen LogP contribution in [0.5, 0.6) is 0 Å². The molecular formula is C14H13F5NO4-. The van der Waals surface area contributed by atoms with Crippen LogP contribution in [0.15, 0.2) is 0 Å². The van der Waals surface area contributed by atoms with E-state index >= 15 is 0 Å². The third-order valence-electron chi connectivity index (χ3n) is 3.01. The maximum atomic E-state index is 13.2. The monoisotopic (exact) mass is 354 g/mol. The maximum Gasteiger partial charge on any atom is 0.434 e. The summed E-state index contributed by atoms with van der Waals surface area (Å²) < 4.78 is 69.8. The van der Waals surface area contributed by atoms with E-state index in [1.165, 1.54) is 13.8 Å². The van der Waals surface area contributed by atoms with E-state index in [1.807, 2.05) is 0 Å². The van der Waals surface area contributed by atoms with Crippen molar-refractivity contribution in [3.63, 3.8) is 0 Å². The lowest BCUT2D eigenvalue weighted by Crippen LogP contribution is -2.31. The van der Waals surface area contributed by atoms with Crippen molar-refractivity contribution in [1.29, 1.82) is 0 Å². The number of halogens is 5. The zero-order valence-electron chi connectivity index (χ0n) is 12.8. The van der Waals surface area contributed by atoms with Crippen LogP contribution in [-0.4, -0.2) is 24.0 Å². The van der Waals surface area contributed by atoms with Gasteiger partial charge in [-0.1, -0.05) is 13.8 Å². The Hall–Kier alpha value is -2.26. The number of ether oxygens (including phenoxy) is 1. The number of alkyl halides is 5. The summed E-state index contributed by atoms with van der Waals surface area (Å²) in [6.45, 7) is 3.02. The van der Waals surface area contributed by atoms with E-state index in [1.54, 1.807) is 0 Å². The molecule has 24 heavy (non-hydrogen) atoms. The molecule has 0 aromatic carbocycles. The zero-order chi connectivity index (χ0) is 18.8. The molecule has 0 spiro atoms. The highest BCUT2D eigenvalue weighted by Crippen LogP contribution is 2.37. The molecule has 1 aromatic heterocycles. The number of pyridine rings is 1. The van der Waals surface area contributed by atoms with Crippen molar-refractivity contribution in [2.45, 2.75) is 32.9 Å². The molecule has 10 heteroatoms. The van der Waals surface area contributed by atoms with Crippen molar-refractivity contribution in [3.8, 4) is 0 Å². The minimum atomic E-state index is -5.26. The molecule has 134 valence electrons. The van der Waals surface area contributed by atoms with Crippen LogP contribution in [0.1, 0.15) is 57.9 Å². The number of hydrogen-bond acceptors (Lipinski definition) is 5. The van der Waals surface area contributed by atoms with Crippen LogP contribution in [-0.2, 0) is 17.3 Å². The van der Waals surface area contributed by atoms with Crippen molar-refractivity contribution in [1.82, 2.24) is 4.98 Å². The van der Waals surface area contributed by atoms with Crippen molar-refractivity contribution >= 4 is 11.9 Å². The van der Waals surface area contributed by atoms with Crippen molar-refractivity contribution in [2.24, 2.45) is 5.92 Å². The lowest BCUT2D eigenvalue weighted by molar-refractivity contribution is -0.255. The van der Waals surface area contributed by atoms with E-state index in [2.05, 4.69) is 9.72 Å². The molecule has 0 amide bonds. The molecular weight excluding hydrogens is 341 g/mol. The first-order chi connectivity index (χ1) is 10.9. The Labute approximate surface area is 133 Å². The van der Waals surface area contributed by atoms with Crippen LogP contribution in [0, 0.1) is 5.92 Å². The fourth-order valence-electron chi connectivity index (χ4n) is 2.18. The number of aromatic nitrogens is 1. The molecule has 0 saturated carbocycles. The summed E-state index contributed by atoms with van der Waals surface area (Å²) in [5, 5.41) is 11.2. The van der Waals surface area contributed by atoms with E-state index in [9.17, 15) is 36.6 Å². The van der Waals surface area contributed by atoms with Gasteiger partial charge in [0.1, 0.15) is 5.69 Å². The van der Waals surface area contributed by atoms with Crippen molar-refractivity contribution in [2.75, 3.05) is 7.11 Å². The molecule has 0 aliphatic heterocycles. The topological polar surface area (TPSA) is 79.3 Å². The van der Waals surface area contributed by atoms with Gasteiger partial charge in [-0.2, -0.15) is 13.2 Å². The molecule has 0 aliphatic rings. The molecule has 0 bridgehead atoms. The summed E-state index contributed by atoms with van der Waals surface area (Å²) in [6, 6.07) is 0. The first kappa shape index (κ1) is 19.8. The number of esters is 1. The van der Waals surface area contributed by atoms with Gasteiger partial charge in [-0.3, -0.25) is 0 Å². The number of carboxylic acid groups (broad SMARTS) is 1. The first-order valence-electron chi connectivity index (χ1n) is 6.63. The normalized spacial score (nSPS) is 11.9. The van der Waals surface area contributed by atoms with Gasteiger partial charge < -0.3 is 14.6 Å². The molecule has 0 unspecified atom stereocenters. The number of carboxylic acids is 1. The molecule has 1 heterocycles. The summed E-state index contributed by atoms with van der Waals surface area (Å²) in [4.78, 5) is 25.7. The Morgan fingerprint density at radius 1 is 1.21 bits per heavy atom. The van der Waals surface area contributed by atoms with E-state index in [4.69, 9.17) is 0 Å². The Balaban J connectivity index is 4.03. The highest BCUT2D eigenvalue weighted by atomic mass is 19.4. The van der Waals surface area contributed by atoms with Crippen LogP contribution in [0.3, 0.4) is 0 Å². The van der Waals surface area contributed by atoms with Gasteiger partial charge in [-0.05, 0) is 17.9 Å². The molecule has 0 radical (unpaired) electrons. The van der Waals surface area contributed by atoms with Gasteiger partial charge in [0.05, 0.1) is 18.6 Å². The number of hydrogen-bond donors (Lipinski definition) is 0. The molecule has 1 rings (SSSR count). The molecule has 0 atom stereocenters. The fraction of sp³-hybridized carbons (Fsp3) is 0.500. The summed E-state index contributed by atoms with van der Waals surface area (Å²) in [7, 11) is 0.779. The van der Waals surface area contributed by atoms with Gasteiger partial charge in [0.25, 0.3) is 6.43 Å². The molecule has 0 N–H and O–H groups in total. The second-order valence-corrected chi connectivity index (χ2v) is 5.25. The predicted octanol–water partition coefficient (Wildman–Crippen LogP) is 2.39. The predicted molar refractivity (Wildman–Crippen MR) is 68.4 cm³/mol. The van der Waals surface area contributed by atoms with Crippen molar-refractivity contribution < 1.29 is 41.4 Å². The van der Waals surface area contributed by atoms with Crippen LogP contribution in [0.2, 0.25) is 0 Å². The second-order valence-electron chi connectivity index (χ2n) is 5.25. The van der Waals surface area contributed by atoms with Gasteiger partial charge in [0, 0.05) is 5.56 Å². The lowest BCUT2D eigenvalue weighted by atomic mass is 9.91. The van der Waals surface area contributed by atoms with Gasteiger partial charge >= 0.3 is 12.1 Å². The summed E-state index contributed by atoms with van der Waals surface area (Å²) in [6.07, 6.45) is -9.25. The Morgan fingerprint density at radius 3 is 2.08 bits per heavy atom. The van der Waals surface area contributed by atoms with E-state index in [-0.39, 0.29) is 6.42 Å². The molecule has 1 aromatic rings. The minimum absolute atomic E-state index is 0.390. The summed E-state index contributed by atoms with van der Waals surface area (Å²) in [5.74, 6) is -4.11. The third-order valence-corrected chi connectivity index (χ3v) is 3.01. The summed E-state index contributed by atoms with van der Waals surface area (Å²) >= 11 is 0. The molecule has 5 nitrogen and oxygen atoms in total. The number of nitrogens with zero attached hydrogens (tertiary/aromatic N) is 1. The van der Waals surface area contributed by atoms with Crippen LogP contribution >= 0.6 is 0 Å². The Kier molecular flexibility index (Phi) is 5.85. The van der Waals surface area contributed by atoms with Crippen LogP contribution in [0.25, 0.3) is 0 Å².